The first-order valence-corrected chi connectivity index (χ1v) is 5.03. The smallest absolute Gasteiger partial charge is 0.119 e. The third-order valence-corrected chi connectivity index (χ3v) is 2.17. The number of methoxy groups -OCH3 is 1. The minimum absolute atomic E-state index is 0.367. The Hall–Kier alpha value is -1.06. The van der Waals surface area contributed by atoms with Gasteiger partial charge in [-0.15, -0.1) is 0 Å². The first kappa shape index (κ1) is 12.0. The molecule has 0 aliphatic carbocycles. The van der Waals surface area contributed by atoms with E-state index in [1.54, 1.807) is 14.0 Å². The molecule has 3 heteroatoms. The number of aliphatic hydroxyl groups excluding tert-OH is 1. The zero-order chi connectivity index (χ0) is 11.3. The molecule has 3 nitrogen and oxygen atoms in total. The summed E-state index contributed by atoms with van der Waals surface area (Å²) >= 11 is 0. The number of hydrogen-bond donors (Lipinski definition) is 1. The van der Waals surface area contributed by atoms with Crippen molar-refractivity contribution in [3.05, 3.63) is 29.3 Å². The molecular weight excluding hydrogens is 192 g/mol. The van der Waals surface area contributed by atoms with Crippen LogP contribution in [0.3, 0.4) is 0 Å². The first-order chi connectivity index (χ1) is 7.13. The van der Waals surface area contributed by atoms with Crippen LogP contribution in [0.4, 0.5) is 0 Å². The van der Waals surface area contributed by atoms with E-state index in [-0.39, 0.29) is 0 Å². The van der Waals surface area contributed by atoms with Gasteiger partial charge in [0.25, 0.3) is 0 Å². The van der Waals surface area contributed by atoms with Gasteiger partial charge in [0.05, 0.1) is 26.4 Å². The van der Waals surface area contributed by atoms with Crippen LogP contribution in [0, 0.1) is 6.92 Å². The van der Waals surface area contributed by atoms with Gasteiger partial charge < -0.3 is 14.6 Å². The molecule has 0 spiro atoms. The molecule has 1 aromatic rings. The van der Waals surface area contributed by atoms with E-state index in [0.29, 0.717) is 13.2 Å². The molecular formula is C12H18O3. The van der Waals surface area contributed by atoms with Crippen LogP contribution in [-0.2, 0) is 11.3 Å². The minimum atomic E-state index is -0.413. The molecule has 0 radical (unpaired) electrons. The van der Waals surface area contributed by atoms with Gasteiger partial charge in [-0.3, -0.25) is 0 Å². The molecule has 0 fully saturated rings. The molecule has 15 heavy (non-hydrogen) atoms. The molecule has 1 unspecified atom stereocenters. The molecule has 0 saturated carbocycles. The highest BCUT2D eigenvalue weighted by Crippen LogP contribution is 2.17. The van der Waals surface area contributed by atoms with Crippen molar-refractivity contribution in [3.8, 4) is 5.75 Å². The van der Waals surface area contributed by atoms with Crippen molar-refractivity contribution in [1.29, 1.82) is 0 Å². The normalized spacial score (nSPS) is 12.5. The molecule has 1 rings (SSSR count). The fourth-order valence-corrected chi connectivity index (χ4v) is 1.30. The highest BCUT2D eigenvalue weighted by Gasteiger charge is 2.01. The third kappa shape index (κ3) is 3.90. The van der Waals surface area contributed by atoms with Crippen molar-refractivity contribution >= 4 is 0 Å². The second-order valence-corrected chi connectivity index (χ2v) is 3.66. The van der Waals surface area contributed by atoms with Crippen molar-refractivity contribution in [2.24, 2.45) is 0 Å². The van der Waals surface area contributed by atoms with Crippen LogP contribution in [0.15, 0.2) is 18.2 Å². The fourth-order valence-electron chi connectivity index (χ4n) is 1.30. The van der Waals surface area contributed by atoms with E-state index in [1.807, 2.05) is 25.1 Å². The second kappa shape index (κ2) is 5.73. The summed E-state index contributed by atoms with van der Waals surface area (Å²) < 4.78 is 10.5. The third-order valence-electron chi connectivity index (χ3n) is 2.17. The summed E-state index contributed by atoms with van der Waals surface area (Å²) in [5.41, 5.74) is 2.26. The number of ether oxygens (including phenoxy) is 2. The summed E-state index contributed by atoms with van der Waals surface area (Å²) in [7, 11) is 1.65. The van der Waals surface area contributed by atoms with Crippen LogP contribution in [0.5, 0.6) is 5.75 Å². The molecule has 0 aliphatic heterocycles. The van der Waals surface area contributed by atoms with Gasteiger partial charge in [0.1, 0.15) is 5.75 Å². The lowest BCUT2D eigenvalue weighted by Gasteiger charge is -2.09. The average molecular weight is 210 g/mol. The van der Waals surface area contributed by atoms with Gasteiger partial charge in [-0.05, 0) is 37.1 Å². The summed E-state index contributed by atoms with van der Waals surface area (Å²) in [5.74, 6) is 0.853. The first-order valence-electron chi connectivity index (χ1n) is 5.03. The maximum Gasteiger partial charge on any atom is 0.119 e. The molecule has 0 bridgehead atoms. The van der Waals surface area contributed by atoms with Crippen LogP contribution in [0.1, 0.15) is 18.1 Å². The summed E-state index contributed by atoms with van der Waals surface area (Å²) in [4.78, 5) is 0. The molecule has 0 saturated heterocycles. The van der Waals surface area contributed by atoms with E-state index in [2.05, 4.69) is 0 Å². The zero-order valence-electron chi connectivity index (χ0n) is 9.49. The lowest BCUT2D eigenvalue weighted by Crippen LogP contribution is -2.10. The predicted molar refractivity (Wildman–Crippen MR) is 59.1 cm³/mol. The summed E-state index contributed by atoms with van der Waals surface area (Å²) in [6, 6.07) is 5.87. The van der Waals surface area contributed by atoms with Gasteiger partial charge in [0.2, 0.25) is 0 Å². The summed E-state index contributed by atoms with van der Waals surface area (Å²) in [6.45, 7) is 4.62. The van der Waals surface area contributed by atoms with Gasteiger partial charge in [-0.2, -0.15) is 0 Å². The Balaban J connectivity index is 2.54. The standard InChI is InChI=1S/C12H18O3/c1-9-6-12(14-3)5-4-11(9)8-15-7-10(2)13/h4-6,10,13H,7-8H2,1-3H3. The van der Waals surface area contributed by atoms with E-state index in [0.717, 1.165) is 16.9 Å². The Morgan fingerprint density at radius 3 is 2.67 bits per heavy atom. The maximum absolute atomic E-state index is 9.04. The van der Waals surface area contributed by atoms with Crippen molar-refractivity contribution < 1.29 is 14.6 Å². The lowest BCUT2D eigenvalue weighted by atomic mass is 10.1. The fraction of sp³-hybridized carbons (Fsp3) is 0.500. The molecule has 0 aliphatic rings. The van der Waals surface area contributed by atoms with E-state index in [9.17, 15) is 0 Å². The van der Waals surface area contributed by atoms with Crippen LogP contribution >= 0.6 is 0 Å². The summed E-state index contributed by atoms with van der Waals surface area (Å²) in [5, 5.41) is 9.04. The Bertz CT molecular complexity index is 308. The second-order valence-electron chi connectivity index (χ2n) is 3.66. The molecule has 0 amide bonds. The molecule has 1 atom stereocenters. The topological polar surface area (TPSA) is 38.7 Å². The lowest BCUT2D eigenvalue weighted by molar-refractivity contribution is 0.0374. The van der Waals surface area contributed by atoms with Crippen molar-refractivity contribution in [1.82, 2.24) is 0 Å². The number of benzene rings is 1. The van der Waals surface area contributed by atoms with Gasteiger partial charge in [-0.1, -0.05) is 6.07 Å². The number of aryl methyl sites for hydroxylation is 1. The van der Waals surface area contributed by atoms with Crippen LogP contribution < -0.4 is 4.74 Å². The SMILES string of the molecule is COc1ccc(COCC(C)O)c(C)c1. The van der Waals surface area contributed by atoms with Crippen LogP contribution in [0.25, 0.3) is 0 Å². The van der Waals surface area contributed by atoms with Gasteiger partial charge >= 0.3 is 0 Å². The van der Waals surface area contributed by atoms with E-state index >= 15 is 0 Å². The number of hydrogen-bond acceptors (Lipinski definition) is 3. The van der Waals surface area contributed by atoms with E-state index in [4.69, 9.17) is 14.6 Å². The Morgan fingerprint density at radius 1 is 1.40 bits per heavy atom. The van der Waals surface area contributed by atoms with Crippen molar-refractivity contribution in [2.45, 2.75) is 26.6 Å². The van der Waals surface area contributed by atoms with Gasteiger partial charge in [0, 0.05) is 0 Å². The Kier molecular flexibility index (Phi) is 4.59. The summed E-state index contributed by atoms with van der Waals surface area (Å²) in [6.07, 6.45) is -0.413. The highest BCUT2D eigenvalue weighted by molar-refractivity contribution is 5.34. The van der Waals surface area contributed by atoms with Crippen molar-refractivity contribution in [3.63, 3.8) is 0 Å². The maximum atomic E-state index is 9.04. The van der Waals surface area contributed by atoms with E-state index in [1.165, 1.54) is 0 Å². The number of aliphatic hydroxyl groups is 1. The van der Waals surface area contributed by atoms with Crippen LogP contribution in [-0.4, -0.2) is 24.9 Å². The molecule has 1 aromatic carbocycles. The van der Waals surface area contributed by atoms with Gasteiger partial charge in [0.15, 0.2) is 0 Å². The Labute approximate surface area is 90.6 Å². The largest absolute Gasteiger partial charge is 0.497 e. The quantitative estimate of drug-likeness (QED) is 0.806. The molecule has 84 valence electrons. The molecule has 1 N–H and O–H groups in total. The molecule has 0 aromatic heterocycles. The number of rotatable bonds is 5. The Morgan fingerprint density at radius 2 is 2.13 bits per heavy atom. The monoisotopic (exact) mass is 210 g/mol. The average Bonchev–Trinajstić information content (AvgIpc) is 2.20. The zero-order valence-corrected chi connectivity index (χ0v) is 9.49. The highest BCUT2D eigenvalue weighted by atomic mass is 16.5. The van der Waals surface area contributed by atoms with Crippen LogP contribution in [0.2, 0.25) is 0 Å². The van der Waals surface area contributed by atoms with Gasteiger partial charge in [-0.25, -0.2) is 0 Å². The minimum Gasteiger partial charge on any atom is -0.497 e. The van der Waals surface area contributed by atoms with E-state index < -0.39 is 6.10 Å². The molecule has 0 heterocycles. The predicted octanol–water partition coefficient (Wildman–Crippen LogP) is 1.90. The van der Waals surface area contributed by atoms with Crippen molar-refractivity contribution in [2.75, 3.05) is 13.7 Å².